The fraction of sp³-hybridized carbons (Fsp3) is 0.200. The lowest BCUT2D eigenvalue weighted by Crippen LogP contribution is -2.33. The van der Waals surface area contributed by atoms with Crippen LogP contribution in [0.2, 0.25) is 0 Å². The minimum absolute atomic E-state index is 0.0701. The number of hydrogen-bond donors (Lipinski definition) is 1. The lowest BCUT2D eigenvalue weighted by molar-refractivity contribution is -0.129. The number of amides is 2. The molecule has 0 radical (unpaired) electrons. The number of carbonyl (C=O) groups excluding carboxylic acids is 2. The van der Waals surface area contributed by atoms with E-state index < -0.39 is 0 Å². The van der Waals surface area contributed by atoms with E-state index in [1.807, 2.05) is 30.3 Å². The van der Waals surface area contributed by atoms with Gasteiger partial charge in [0.05, 0.1) is 26.5 Å². The molecular formula is C20H22N2O4. The van der Waals surface area contributed by atoms with Gasteiger partial charge in [-0.05, 0) is 35.9 Å². The Kier molecular flexibility index (Phi) is 6.79. The number of hydrogen-bond acceptors (Lipinski definition) is 4. The second kappa shape index (κ2) is 9.27. The summed E-state index contributed by atoms with van der Waals surface area (Å²) in [5, 5.41) is 2.74. The highest BCUT2D eigenvalue weighted by molar-refractivity contribution is 5.98. The Hall–Kier alpha value is -3.28. The average Bonchev–Trinajstić information content (AvgIpc) is 2.66. The second-order valence-corrected chi connectivity index (χ2v) is 5.55. The normalized spacial score (nSPS) is 10.4. The van der Waals surface area contributed by atoms with Gasteiger partial charge in [-0.25, -0.2) is 0 Å². The molecule has 2 amide bonds. The molecule has 2 rings (SSSR count). The van der Waals surface area contributed by atoms with Crippen molar-refractivity contribution in [2.75, 3.05) is 33.1 Å². The number of nitrogens with zero attached hydrogens (tertiary/aromatic N) is 1. The van der Waals surface area contributed by atoms with E-state index >= 15 is 0 Å². The van der Waals surface area contributed by atoms with E-state index in [4.69, 9.17) is 9.47 Å². The van der Waals surface area contributed by atoms with Crippen molar-refractivity contribution < 1.29 is 19.1 Å². The SMILES string of the molecule is COc1cccc(/C=C/C(=O)N(C)CC(=O)Nc2ccccc2OC)c1. The van der Waals surface area contributed by atoms with Crippen LogP contribution < -0.4 is 14.8 Å². The molecular weight excluding hydrogens is 332 g/mol. The Labute approximate surface area is 153 Å². The van der Waals surface area contributed by atoms with E-state index in [1.165, 1.54) is 18.1 Å². The molecule has 6 nitrogen and oxygen atoms in total. The molecule has 0 bridgehead atoms. The maximum atomic E-state index is 12.2. The van der Waals surface area contributed by atoms with Crippen LogP contribution in [0.15, 0.2) is 54.6 Å². The minimum Gasteiger partial charge on any atom is -0.497 e. The zero-order valence-corrected chi connectivity index (χ0v) is 15.1. The monoisotopic (exact) mass is 354 g/mol. The summed E-state index contributed by atoms with van der Waals surface area (Å²) in [7, 11) is 4.69. The first-order chi connectivity index (χ1) is 12.5. The van der Waals surface area contributed by atoms with Gasteiger partial charge in [0.2, 0.25) is 11.8 Å². The van der Waals surface area contributed by atoms with Gasteiger partial charge in [0, 0.05) is 13.1 Å². The lowest BCUT2D eigenvalue weighted by atomic mass is 10.2. The number of nitrogens with one attached hydrogen (secondary N) is 1. The van der Waals surface area contributed by atoms with Crippen LogP contribution in [0.1, 0.15) is 5.56 Å². The summed E-state index contributed by atoms with van der Waals surface area (Å²) in [6, 6.07) is 14.4. The Morgan fingerprint density at radius 3 is 2.58 bits per heavy atom. The zero-order valence-electron chi connectivity index (χ0n) is 15.1. The lowest BCUT2D eigenvalue weighted by Gasteiger charge is -2.16. The van der Waals surface area contributed by atoms with Crippen LogP contribution in [0.4, 0.5) is 5.69 Å². The van der Waals surface area contributed by atoms with Gasteiger partial charge in [-0.15, -0.1) is 0 Å². The van der Waals surface area contributed by atoms with Crippen LogP contribution in [-0.4, -0.2) is 44.5 Å². The van der Waals surface area contributed by atoms with Crippen LogP contribution in [0, 0.1) is 0 Å². The smallest absolute Gasteiger partial charge is 0.246 e. The van der Waals surface area contributed by atoms with E-state index in [1.54, 1.807) is 38.4 Å². The van der Waals surface area contributed by atoms with Crippen LogP contribution in [0.25, 0.3) is 6.08 Å². The first-order valence-corrected chi connectivity index (χ1v) is 8.03. The van der Waals surface area contributed by atoms with Gasteiger partial charge >= 0.3 is 0 Å². The van der Waals surface area contributed by atoms with Gasteiger partial charge in [-0.2, -0.15) is 0 Å². The van der Waals surface area contributed by atoms with Crippen molar-refractivity contribution >= 4 is 23.6 Å². The van der Waals surface area contributed by atoms with Crippen LogP contribution in [0.5, 0.6) is 11.5 Å². The topological polar surface area (TPSA) is 67.9 Å². The van der Waals surface area contributed by atoms with E-state index in [2.05, 4.69) is 5.32 Å². The third-order valence-corrected chi connectivity index (χ3v) is 3.65. The van der Waals surface area contributed by atoms with Gasteiger partial charge in [-0.3, -0.25) is 9.59 Å². The van der Waals surface area contributed by atoms with Crippen molar-refractivity contribution in [3.8, 4) is 11.5 Å². The van der Waals surface area contributed by atoms with Crippen molar-refractivity contribution in [3.63, 3.8) is 0 Å². The quantitative estimate of drug-likeness (QED) is 0.777. The summed E-state index contributed by atoms with van der Waals surface area (Å²) < 4.78 is 10.3. The number of likely N-dealkylation sites (N-methyl/N-ethyl adjacent to an activating group) is 1. The molecule has 0 aliphatic carbocycles. The average molecular weight is 354 g/mol. The van der Waals surface area contributed by atoms with E-state index in [9.17, 15) is 9.59 Å². The summed E-state index contributed by atoms with van der Waals surface area (Å²) in [4.78, 5) is 25.7. The number of carbonyl (C=O) groups is 2. The number of methoxy groups -OCH3 is 2. The maximum absolute atomic E-state index is 12.2. The number of para-hydroxylation sites is 2. The Morgan fingerprint density at radius 1 is 1.08 bits per heavy atom. The molecule has 6 heteroatoms. The molecule has 0 heterocycles. The van der Waals surface area contributed by atoms with Crippen molar-refractivity contribution in [2.45, 2.75) is 0 Å². The largest absolute Gasteiger partial charge is 0.497 e. The zero-order chi connectivity index (χ0) is 18.9. The molecule has 2 aromatic rings. The number of ether oxygens (including phenoxy) is 2. The summed E-state index contributed by atoms with van der Waals surface area (Å²) >= 11 is 0. The van der Waals surface area contributed by atoms with Crippen LogP contribution in [-0.2, 0) is 9.59 Å². The standard InChI is InChI=1S/C20H22N2O4/c1-22(14-19(23)21-17-9-4-5-10-18(17)26-3)20(24)12-11-15-7-6-8-16(13-15)25-2/h4-13H,14H2,1-3H3,(H,21,23)/b12-11+. The number of benzene rings is 2. The van der Waals surface area contributed by atoms with Crippen molar-refractivity contribution in [3.05, 3.63) is 60.2 Å². The fourth-order valence-electron chi connectivity index (χ4n) is 2.27. The molecule has 0 atom stereocenters. The second-order valence-electron chi connectivity index (χ2n) is 5.55. The first-order valence-electron chi connectivity index (χ1n) is 8.03. The summed E-state index contributed by atoms with van der Waals surface area (Å²) in [5.74, 6) is 0.694. The van der Waals surface area contributed by atoms with Crippen molar-refractivity contribution in [1.82, 2.24) is 4.90 Å². The van der Waals surface area contributed by atoms with Crippen LogP contribution in [0.3, 0.4) is 0 Å². The molecule has 0 saturated carbocycles. The number of anilines is 1. The third kappa shape index (κ3) is 5.37. The third-order valence-electron chi connectivity index (χ3n) is 3.65. The molecule has 0 spiro atoms. The predicted molar refractivity (Wildman–Crippen MR) is 101 cm³/mol. The van der Waals surface area contributed by atoms with Gasteiger partial charge in [-0.1, -0.05) is 24.3 Å². The molecule has 0 unspecified atom stereocenters. The molecule has 0 fully saturated rings. The van der Waals surface area contributed by atoms with Crippen molar-refractivity contribution in [1.29, 1.82) is 0 Å². The van der Waals surface area contributed by atoms with Gasteiger partial charge < -0.3 is 19.7 Å². The van der Waals surface area contributed by atoms with Gasteiger partial charge in [0.1, 0.15) is 11.5 Å². The molecule has 2 aromatic carbocycles. The highest BCUT2D eigenvalue weighted by atomic mass is 16.5. The van der Waals surface area contributed by atoms with Crippen molar-refractivity contribution in [2.24, 2.45) is 0 Å². The molecule has 26 heavy (non-hydrogen) atoms. The Balaban J connectivity index is 1.93. The molecule has 0 aliphatic rings. The maximum Gasteiger partial charge on any atom is 0.246 e. The van der Waals surface area contributed by atoms with Crippen LogP contribution >= 0.6 is 0 Å². The van der Waals surface area contributed by atoms with E-state index in [0.29, 0.717) is 17.2 Å². The summed E-state index contributed by atoms with van der Waals surface area (Å²) in [6.07, 6.45) is 3.10. The number of rotatable bonds is 7. The predicted octanol–water partition coefficient (Wildman–Crippen LogP) is 2.81. The first kappa shape index (κ1) is 19.1. The van der Waals surface area contributed by atoms with Gasteiger partial charge in [0.15, 0.2) is 0 Å². The Bertz CT molecular complexity index is 802. The molecule has 0 saturated heterocycles. The highest BCUT2D eigenvalue weighted by Gasteiger charge is 2.12. The molecule has 0 aromatic heterocycles. The molecule has 1 N–H and O–H groups in total. The van der Waals surface area contributed by atoms with E-state index in [0.717, 1.165) is 5.56 Å². The molecule has 0 aliphatic heterocycles. The Morgan fingerprint density at radius 2 is 1.85 bits per heavy atom. The van der Waals surface area contributed by atoms with Gasteiger partial charge in [0.25, 0.3) is 0 Å². The summed E-state index contributed by atoms with van der Waals surface area (Å²) in [5.41, 5.74) is 1.40. The van der Waals surface area contributed by atoms with E-state index in [-0.39, 0.29) is 18.4 Å². The minimum atomic E-state index is -0.305. The molecule has 136 valence electrons. The fourth-order valence-corrected chi connectivity index (χ4v) is 2.27. The summed E-state index contributed by atoms with van der Waals surface area (Å²) in [6.45, 7) is -0.0701. The highest BCUT2D eigenvalue weighted by Crippen LogP contribution is 2.22.